The minimum absolute atomic E-state index is 0.499. The van der Waals surface area contributed by atoms with Gasteiger partial charge in [0, 0.05) is 23.7 Å². The molecule has 0 aliphatic carbocycles. The predicted molar refractivity (Wildman–Crippen MR) is 88.0 cm³/mol. The Bertz CT molecular complexity index is 662. The van der Waals surface area contributed by atoms with Gasteiger partial charge in [0.2, 0.25) is 0 Å². The fourth-order valence-corrected chi connectivity index (χ4v) is 2.54. The Labute approximate surface area is 135 Å². The van der Waals surface area contributed by atoms with Crippen LogP contribution in [0, 0.1) is 6.92 Å². The second-order valence-corrected chi connectivity index (χ2v) is 5.13. The Hall–Kier alpha value is -2.01. The molecule has 0 radical (unpaired) electrons. The van der Waals surface area contributed by atoms with E-state index in [9.17, 15) is 0 Å². The van der Waals surface area contributed by atoms with Crippen LogP contribution in [0.5, 0.6) is 11.5 Å². The lowest BCUT2D eigenvalue weighted by Gasteiger charge is -2.14. The van der Waals surface area contributed by atoms with Crippen LogP contribution in [-0.4, -0.2) is 24.2 Å². The molecule has 0 aliphatic rings. The van der Waals surface area contributed by atoms with Crippen LogP contribution in [0.15, 0.2) is 18.2 Å². The lowest BCUT2D eigenvalue weighted by atomic mass is 10.1. The maximum Gasteiger partial charge on any atom is 0.138 e. The number of benzene rings is 1. The summed E-state index contributed by atoms with van der Waals surface area (Å²) in [6, 6.07) is 5.72. The molecule has 1 aromatic carbocycles. The molecule has 1 aromatic heterocycles. The summed E-state index contributed by atoms with van der Waals surface area (Å²) in [7, 11) is 3.27. The number of nitrogens with one attached hydrogen (secondary N) is 1. The number of methoxy groups -OCH3 is 2. The van der Waals surface area contributed by atoms with E-state index in [-0.39, 0.29) is 0 Å². The highest BCUT2D eigenvalue weighted by atomic mass is 35.5. The van der Waals surface area contributed by atoms with E-state index in [1.807, 2.05) is 32.0 Å². The molecule has 0 unspecified atom stereocenters. The van der Waals surface area contributed by atoms with Gasteiger partial charge in [0.25, 0.3) is 0 Å². The molecule has 22 heavy (non-hydrogen) atoms. The van der Waals surface area contributed by atoms with Gasteiger partial charge in [-0.1, -0.05) is 18.5 Å². The Morgan fingerprint density at radius 1 is 1.18 bits per heavy atom. The van der Waals surface area contributed by atoms with Gasteiger partial charge in [-0.3, -0.25) is 0 Å². The maximum atomic E-state index is 6.18. The van der Waals surface area contributed by atoms with Crippen molar-refractivity contribution in [1.29, 1.82) is 0 Å². The summed E-state index contributed by atoms with van der Waals surface area (Å²) in [6.45, 7) is 4.43. The molecule has 0 amide bonds. The lowest BCUT2D eigenvalue weighted by molar-refractivity contribution is 0.391. The van der Waals surface area contributed by atoms with E-state index in [1.165, 1.54) is 0 Å². The monoisotopic (exact) mass is 321 g/mol. The minimum atomic E-state index is 0.499. The van der Waals surface area contributed by atoms with Crippen molar-refractivity contribution in [3.8, 4) is 11.5 Å². The fraction of sp³-hybridized carbons (Fsp3) is 0.375. The van der Waals surface area contributed by atoms with Gasteiger partial charge in [-0.25, -0.2) is 9.97 Å². The molecule has 1 N–H and O–H groups in total. The van der Waals surface area contributed by atoms with Gasteiger partial charge in [-0.05, 0) is 25.5 Å². The van der Waals surface area contributed by atoms with Crippen molar-refractivity contribution in [2.75, 3.05) is 19.5 Å². The zero-order valence-corrected chi connectivity index (χ0v) is 14.0. The largest absolute Gasteiger partial charge is 0.497 e. The first-order valence-corrected chi connectivity index (χ1v) is 7.44. The molecule has 2 rings (SSSR count). The number of rotatable bonds is 6. The molecule has 6 heteroatoms. The van der Waals surface area contributed by atoms with Crippen molar-refractivity contribution in [2.45, 2.75) is 26.8 Å². The lowest BCUT2D eigenvalue weighted by Crippen LogP contribution is -2.08. The van der Waals surface area contributed by atoms with Gasteiger partial charge in [0.1, 0.15) is 28.3 Å². The van der Waals surface area contributed by atoms with E-state index in [4.69, 9.17) is 21.1 Å². The second kappa shape index (κ2) is 7.31. The van der Waals surface area contributed by atoms with E-state index in [0.717, 1.165) is 34.9 Å². The van der Waals surface area contributed by atoms with Crippen molar-refractivity contribution >= 4 is 17.4 Å². The van der Waals surface area contributed by atoms with Crippen LogP contribution in [-0.2, 0) is 13.0 Å². The molecule has 0 fully saturated rings. The van der Waals surface area contributed by atoms with E-state index >= 15 is 0 Å². The van der Waals surface area contributed by atoms with Crippen molar-refractivity contribution in [2.24, 2.45) is 0 Å². The molecule has 0 bridgehead atoms. The van der Waals surface area contributed by atoms with Crippen LogP contribution in [0.4, 0.5) is 5.82 Å². The molecule has 2 aromatic rings. The molecule has 0 aliphatic heterocycles. The number of hydrogen-bond acceptors (Lipinski definition) is 5. The number of aryl methyl sites for hydroxylation is 1. The quantitative estimate of drug-likeness (QED) is 0.823. The molecule has 0 atom stereocenters. The number of ether oxygens (including phenoxy) is 2. The Morgan fingerprint density at radius 3 is 2.59 bits per heavy atom. The summed E-state index contributed by atoms with van der Waals surface area (Å²) in [5, 5.41) is 3.82. The SMILES string of the molecule is CCc1c(Cl)nc(C)nc1NCc1ccc(OC)cc1OC. The molecule has 0 spiro atoms. The Balaban J connectivity index is 2.23. The van der Waals surface area contributed by atoms with Crippen molar-refractivity contribution in [3.05, 3.63) is 40.3 Å². The summed E-state index contributed by atoms with van der Waals surface area (Å²) in [6.07, 6.45) is 0.765. The molecule has 0 saturated carbocycles. The summed E-state index contributed by atoms with van der Waals surface area (Å²) >= 11 is 6.18. The highest BCUT2D eigenvalue weighted by Crippen LogP contribution is 2.27. The van der Waals surface area contributed by atoms with Gasteiger partial charge in [-0.15, -0.1) is 0 Å². The van der Waals surface area contributed by atoms with Gasteiger partial charge in [0.15, 0.2) is 0 Å². The zero-order chi connectivity index (χ0) is 16.1. The molecule has 0 saturated heterocycles. The standard InChI is InChI=1S/C16H20ClN3O2/c1-5-13-15(17)19-10(2)20-16(13)18-9-11-6-7-12(21-3)8-14(11)22-4/h6-8H,5,9H2,1-4H3,(H,18,19,20). The van der Waals surface area contributed by atoms with E-state index in [1.54, 1.807) is 14.2 Å². The first-order valence-electron chi connectivity index (χ1n) is 7.06. The van der Waals surface area contributed by atoms with Crippen LogP contribution in [0.3, 0.4) is 0 Å². The van der Waals surface area contributed by atoms with Gasteiger partial charge < -0.3 is 14.8 Å². The first-order chi connectivity index (χ1) is 10.6. The highest BCUT2D eigenvalue weighted by Gasteiger charge is 2.11. The van der Waals surface area contributed by atoms with Crippen molar-refractivity contribution in [3.63, 3.8) is 0 Å². The molecular weight excluding hydrogens is 302 g/mol. The molecule has 5 nitrogen and oxygen atoms in total. The second-order valence-electron chi connectivity index (χ2n) is 4.77. The van der Waals surface area contributed by atoms with E-state index in [2.05, 4.69) is 15.3 Å². The van der Waals surface area contributed by atoms with Gasteiger partial charge in [-0.2, -0.15) is 0 Å². The summed E-state index contributed by atoms with van der Waals surface area (Å²) in [5.74, 6) is 2.93. The van der Waals surface area contributed by atoms with Crippen LogP contribution < -0.4 is 14.8 Å². The number of aromatic nitrogens is 2. The third-order valence-electron chi connectivity index (χ3n) is 3.36. The summed E-state index contributed by atoms with van der Waals surface area (Å²) < 4.78 is 10.6. The smallest absolute Gasteiger partial charge is 0.138 e. The number of nitrogens with zero attached hydrogens (tertiary/aromatic N) is 2. The van der Waals surface area contributed by atoms with E-state index in [0.29, 0.717) is 17.5 Å². The highest BCUT2D eigenvalue weighted by molar-refractivity contribution is 6.30. The van der Waals surface area contributed by atoms with Crippen molar-refractivity contribution in [1.82, 2.24) is 9.97 Å². The summed E-state index contributed by atoms with van der Waals surface area (Å²) in [4.78, 5) is 8.63. The summed E-state index contributed by atoms with van der Waals surface area (Å²) in [5.41, 5.74) is 1.93. The normalized spacial score (nSPS) is 10.4. The molecule has 1 heterocycles. The van der Waals surface area contributed by atoms with Gasteiger partial charge >= 0.3 is 0 Å². The molecule has 118 valence electrons. The number of halogens is 1. The third kappa shape index (κ3) is 3.60. The first kappa shape index (κ1) is 16.4. The fourth-order valence-electron chi connectivity index (χ4n) is 2.20. The van der Waals surface area contributed by atoms with Crippen LogP contribution in [0.2, 0.25) is 5.15 Å². The van der Waals surface area contributed by atoms with Crippen LogP contribution in [0.25, 0.3) is 0 Å². The number of hydrogen-bond donors (Lipinski definition) is 1. The average Bonchev–Trinajstić information content (AvgIpc) is 2.52. The third-order valence-corrected chi connectivity index (χ3v) is 3.68. The predicted octanol–water partition coefficient (Wildman–Crippen LogP) is 3.63. The van der Waals surface area contributed by atoms with Gasteiger partial charge in [0.05, 0.1) is 14.2 Å². The topological polar surface area (TPSA) is 56.3 Å². The maximum absolute atomic E-state index is 6.18. The zero-order valence-electron chi connectivity index (χ0n) is 13.2. The Morgan fingerprint density at radius 2 is 1.95 bits per heavy atom. The molecular formula is C16H20ClN3O2. The Kier molecular flexibility index (Phi) is 5.44. The average molecular weight is 322 g/mol. The van der Waals surface area contributed by atoms with Crippen LogP contribution in [0.1, 0.15) is 23.9 Å². The van der Waals surface area contributed by atoms with Crippen molar-refractivity contribution < 1.29 is 9.47 Å². The minimum Gasteiger partial charge on any atom is -0.497 e. The number of anilines is 1. The van der Waals surface area contributed by atoms with Crippen LogP contribution >= 0.6 is 11.6 Å². The van der Waals surface area contributed by atoms with E-state index < -0.39 is 0 Å².